The normalized spacial score (nSPS) is 16.8. The molecule has 0 unspecified atom stereocenters. The van der Waals surface area contributed by atoms with Crippen LogP contribution in [0, 0.1) is 0 Å². The van der Waals surface area contributed by atoms with Crippen LogP contribution >= 0.6 is 11.6 Å². The van der Waals surface area contributed by atoms with E-state index in [0.29, 0.717) is 6.61 Å². The smallest absolute Gasteiger partial charge is 0.222 e. The van der Waals surface area contributed by atoms with E-state index in [0.717, 1.165) is 18.6 Å². The monoisotopic (exact) mass is 196 g/mol. The van der Waals surface area contributed by atoms with E-state index in [1.54, 1.807) is 12.4 Å². The summed E-state index contributed by atoms with van der Waals surface area (Å²) in [5.74, 6) is 0. The Bertz CT molecular complexity index is 321. The third kappa shape index (κ3) is 2.05. The van der Waals surface area contributed by atoms with Gasteiger partial charge in [0.2, 0.25) is 5.28 Å². The molecule has 0 saturated heterocycles. The van der Waals surface area contributed by atoms with Crippen LogP contribution in [0.15, 0.2) is 18.5 Å². The van der Waals surface area contributed by atoms with Crippen molar-refractivity contribution in [2.24, 2.45) is 0 Å². The predicted molar refractivity (Wildman–Crippen MR) is 50.5 cm³/mol. The molecule has 0 atom stereocenters. The second-order valence-electron chi connectivity index (χ2n) is 2.80. The van der Waals surface area contributed by atoms with E-state index < -0.39 is 0 Å². The molecule has 0 radical (unpaired) electrons. The molecule has 13 heavy (non-hydrogen) atoms. The van der Waals surface area contributed by atoms with Gasteiger partial charge < -0.3 is 4.74 Å². The Morgan fingerprint density at radius 2 is 2.08 bits per heavy atom. The Kier molecular flexibility index (Phi) is 2.57. The zero-order chi connectivity index (χ0) is 9.10. The minimum absolute atomic E-state index is 0.288. The molecule has 0 N–H and O–H groups in total. The van der Waals surface area contributed by atoms with E-state index >= 15 is 0 Å². The van der Waals surface area contributed by atoms with E-state index in [-0.39, 0.29) is 5.28 Å². The number of halogens is 1. The summed E-state index contributed by atoms with van der Waals surface area (Å²) in [6.07, 6.45) is 6.46. The quantitative estimate of drug-likeness (QED) is 0.644. The summed E-state index contributed by atoms with van der Waals surface area (Å²) >= 11 is 5.58. The van der Waals surface area contributed by atoms with Gasteiger partial charge in [0.1, 0.15) is 0 Å². The lowest BCUT2D eigenvalue weighted by atomic mass is 10.1. The van der Waals surface area contributed by atoms with Crippen LogP contribution in [0.4, 0.5) is 0 Å². The summed E-state index contributed by atoms with van der Waals surface area (Å²) in [6, 6.07) is 0. The second-order valence-corrected chi connectivity index (χ2v) is 3.13. The average molecular weight is 197 g/mol. The first kappa shape index (κ1) is 8.66. The average Bonchev–Trinajstić information content (AvgIpc) is 2.20. The van der Waals surface area contributed by atoms with E-state index in [2.05, 4.69) is 16.0 Å². The molecule has 1 aromatic rings. The molecule has 2 heterocycles. The molecular formula is C9H9ClN2O. The van der Waals surface area contributed by atoms with Crippen LogP contribution in [0.5, 0.6) is 0 Å². The van der Waals surface area contributed by atoms with Crippen LogP contribution in [0.25, 0.3) is 5.57 Å². The van der Waals surface area contributed by atoms with Gasteiger partial charge in [0.05, 0.1) is 13.2 Å². The van der Waals surface area contributed by atoms with Crippen molar-refractivity contribution in [2.45, 2.75) is 6.42 Å². The third-order valence-electron chi connectivity index (χ3n) is 1.95. The van der Waals surface area contributed by atoms with E-state index in [1.807, 2.05) is 0 Å². The molecule has 0 spiro atoms. The van der Waals surface area contributed by atoms with Crippen molar-refractivity contribution in [1.82, 2.24) is 9.97 Å². The first-order chi connectivity index (χ1) is 6.36. The van der Waals surface area contributed by atoms with Crippen LogP contribution in [0.3, 0.4) is 0 Å². The highest BCUT2D eigenvalue weighted by Crippen LogP contribution is 2.19. The van der Waals surface area contributed by atoms with Crippen molar-refractivity contribution in [1.29, 1.82) is 0 Å². The van der Waals surface area contributed by atoms with Crippen LogP contribution in [0.2, 0.25) is 5.28 Å². The number of aromatic nitrogens is 2. The fraction of sp³-hybridized carbons (Fsp3) is 0.333. The van der Waals surface area contributed by atoms with Crippen molar-refractivity contribution in [3.05, 3.63) is 29.3 Å². The van der Waals surface area contributed by atoms with Crippen molar-refractivity contribution >= 4 is 17.2 Å². The van der Waals surface area contributed by atoms with Crippen LogP contribution in [-0.2, 0) is 4.74 Å². The summed E-state index contributed by atoms with van der Waals surface area (Å²) in [5.41, 5.74) is 2.27. The number of rotatable bonds is 1. The van der Waals surface area contributed by atoms with Gasteiger partial charge in [-0.15, -0.1) is 0 Å². The third-order valence-corrected chi connectivity index (χ3v) is 2.15. The van der Waals surface area contributed by atoms with Gasteiger partial charge in [-0.1, -0.05) is 6.08 Å². The molecule has 1 aliphatic rings. The lowest BCUT2D eigenvalue weighted by Crippen LogP contribution is -2.04. The zero-order valence-electron chi connectivity index (χ0n) is 7.03. The van der Waals surface area contributed by atoms with Gasteiger partial charge >= 0.3 is 0 Å². The maximum atomic E-state index is 5.58. The summed E-state index contributed by atoms with van der Waals surface area (Å²) in [4.78, 5) is 7.85. The van der Waals surface area contributed by atoms with Gasteiger partial charge in [0, 0.05) is 18.0 Å². The minimum atomic E-state index is 0.288. The molecule has 2 rings (SSSR count). The van der Waals surface area contributed by atoms with E-state index in [9.17, 15) is 0 Å². The van der Waals surface area contributed by atoms with Gasteiger partial charge in [0.15, 0.2) is 0 Å². The van der Waals surface area contributed by atoms with Crippen LogP contribution < -0.4 is 0 Å². The standard InChI is InChI=1S/C9H9ClN2O/c10-9-11-5-8(6-12-9)7-1-3-13-4-2-7/h1,5-6H,2-4H2. The van der Waals surface area contributed by atoms with Crippen molar-refractivity contribution in [2.75, 3.05) is 13.2 Å². The Morgan fingerprint density at radius 1 is 1.31 bits per heavy atom. The molecule has 0 aromatic carbocycles. The molecule has 1 aliphatic heterocycles. The van der Waals surface area contributed by atoms with Crippen molar-refractivity contribution in [3.63, 3.8) is 0 Å². The maximum absolute atomic E-state index is 5.58. The zero-order valence-corrected chi connectivity index (χ0v) is 7.79. The highest BCUT2D eigenvalue weighted by molar-refractivity contribution is 6.28. The second kappa shape index (κ2) is 3.85. The van der Waals surface area contributed by atoms with E-state index in [1.165, 1.54) is 5.57 Å². The van der Waals surface area contributed by atoms with Crippen LogP contribution in [-0.4, -0.2) is 23.2 Å². The Morgan fingerprint density at radius 3 is 2.69 bits per heavy atom. The summed E-state index contributed by atoms with van der Waals surface area (Å²) in [7, 11) is 0. The van der Waals surface area contributed by atoms with Crippen molar-refractivity contribution in [3.8, 4) is 0 Å². The maximum Gasteiger partial charge on any atom is 0.222 e. The molecule has 4 heteroatoms. The van der Waals surface area contributed by atoms with Gasteiger partial charge in [-0.25, -0.2) is 9.97 Å². The fourth-order valence-corrected chi connectivity index (χ4v) is 1.36. The first-order valence-electron chi connectivity index (χ1n) is 4.11. The lowest BCUT2D eigenvalue weighted by Gasteiger charge is -2.12. The molecule has 0 fully saturated rings. The molecular weight excluding hydrogens is 188 g/mol. The topological polar surface area (TPSA) is 35.0 Å². The van der Waals surface area contributed by atoms with E-state index in [4.69, 9.17) is 16.3 Å². The van der Waals surface area contributed by atoms with Crippen molar-refractivity contribution < 1.29 is 4.74 Å². The first-order valence-corrected chi connectivity index (χ1v) is 4.49. The number of nitrogens with zero attached hydrogens (tertiary/aromatic N) is 2. The highest BCUT2D eigenvalue weighted by Gasteiger charge is 2.06. The van der Waals surface area contributed by atoms with Gasteiger partial charge in [-0.05, 0) is 23.6 Å². The fourth-order valence-electron chi connectivity index (χ4n) is 1.27. The molecule has 1 aromatic heterocycles. The number of hydrogen-bond donors (Lipinski definition) is 0. The highest BCUT2D eigenvalue weighted by atomic mass is 35.5. The lowest BCUT2D eigenvalue weighted by molar-refractivity contribution is 0.161. The SMILES string of the molecule is Clc1ncc(C2=CCOCC2)cn1. The largest absolute Gasteiger partial charge is 0.377 e. The number of ether oxygens (including phenoxy) is 1. The molecule has 0 bridgehead atoms. The van der Waals surface area contributed by atoms with Gasteiger partial charge in [-0.2, -0.15) is 0 Å². The van der Waals surface area contributed by atoms with Gasteiger partial charge in [-0.3, -0.25) is 0 Å². The molecule has 0 amide bonds. The minimum Gasteiger partial charge on any atom is -0.377 e. The summed E-state index contributed by atoms with van der Waals surface area (Å²) < 4.78 is 5.20. The number of hydrogen-bond acceptors (Lipinski definition) is 3. The Labute approximate surface area is 81.4 Å². The predicted octanol–water partition coefficient (Wildman–Crippen LogP) is 1.93. The molecule has 68 valence electrons. The molecule has 0 saturated carbocycles. The molecule has 0 aliphatic carbocycles. The Hall–Kier alpha value is -0.930. The van der Waals surface area contributed by atoms with Gasteiger partial charge in [0.25, 0.3) is 0 Å². The van der Waals surface area contributed by atoms with Crippen LogP contribution in [0.1, 0.15) is 12.0 Å². The summed E-state index contributed by atoms with van der Waals surface area (Å²) in [6.45, 7) is 1.45. The summed E-state index contributed by atoms with van der Waals surface area (Å²) in [5, 5.41) is 0.288. The molecule has 3 nitrogen and oxygen atoms in total. The Balaban J connectivity index is 2.24.